The monoisotopic (exact) mass is 1390 g/mol. The van der Waals surface area contributed by atoms with Crippen molar-refractivity contribution in [2.75, 3.05) is 0 Å². The minimum absolute atomic E-state index is 1.09. The zero-order valence-corrected chi connectivity index (χ0v) is 60.5. The predicted molar refractivity (Wildman–Crippen MR) is 433 cm³/mol. The fraction of sp³-hybridized carbons (Fsp3) is 0.0833. The number of nitrogens with zero attached hydrogens (tertiary/aromatic N) is 7. The molecule has 21 rings (SSSR count). The maximum absolute atomic E-state index is 4.53. The molecule has 0 N–H and O–H groups in total. The number of fused-ring (bicyclic) bond motifs is 21. The Bertz CT molecular complexity index is 6090. The number of aryl methyl sites for hydroxylation is 7. The Kier molecular flexibility index (Phi) is 18.5. The fourth-order valence-electron chi connectivity index (χ4n) is 12.3. The first-order valence-electron chi connectivity index (χ1n) is 32.1. The van der Waals surface area contributed by atoms with E-state index in [0.717, 1.165) is 39.5 Å². The molecule has 476 valence electrons. The number of thiophene rings is 7. The van der Waals surface area contributed by atoms with E-state index in [1.807, 2.05) is 68.4 Å². The molecule has 0 atom stereocenters. The fourth-order valence-corrected chi connectivity index (χ4v) is 19.9. The van der Waals surface area contributed by atoms with E-state index in [0.29, 0.717) is 0 Å². The average molecular weight is 1390 g/mol. The largest absolute Gasteiger partial charge is 0.245 e. The standard InChI is InChI=1S/7C12H9NS/c1-8-4-2-6-10-11(8)9-5-3-7-13-12(9)14-10;1-8-4-2-5-9-10-6-3-7-13-12(10)14-11(8)9;1-8-4-5-9-10-3-2-6-13-12(10)14-11(9)7-8;1-8-4-5-11-10(7-8)9-3-2-6-13-12(9)14-11;1-8-6-10-9-4-2-3-5-11(9)14-12(10)13-7-8;1-8-6-7-10-9-4-2-3-5-11(9)14-12(10)13-8;1-8-6-7-13-12-11(8)9-4-2-3-5-10(9)14-12/h7*2-7H,1H3. The quantitative estimate of drug-likeness (QED) is 0.149. The van der Waals surface area contributed by atoms with Gasteiger partial charge in [-0.15, -0.1) is 79.4 Å². The van der Waals surface area contributed by atoms with Crippen molar-refractivity contribution in [3.05, 3.63) is 295 Å². The maximum atomic E-state index is 4.53. The summed E-state index contributed by atoms with van der Waals surface area (Å²) >= 11 is 12.4. The molecule has 0 aliphatic heterocycles. The number of pyridine rings is 7. The molecule has 0 saturated heterocycles. The first kappa shape index (κ1) is 64.1. The van der Waals surface area contributed by atoms with Crippen molar-refractivity contribution in [3.8, 4) is 0 Å². The van der Waals surface area contributed by atoms with E-state index in [4.69, 9.17) is 0 Å². The second kappa shape index (κ2) is 28.3. The first-order chi connectivity index (χ1) is 48.0. The molecule has 14 aromatic heterocycles. The van der Waals surface area contributed by atoms with Crippen LogP contribution >= 0.6 is 79.4 Å². The molecule has 0 unspecified atom stereocenters. The van der Waals surface area contributed by atoms with Gasteiger partial charge in [-0.25, -0.2) is 34.9 Å². The van der Waals surface area contributed by atoms with Crippen LogP contribution in [0.25, 0.3) is 142 Å². The minimum Gasteiger partial charge on any atom is -0.245 e. The highest BCUT2D eigenvalue weighted by atomic mass is 32.1. The van der Waals surface area contributed by atoms with Crippen molar-refractivity contribution in [2.45, 2.75) is 48.5 Å². The van der Waals surface area contributed by atoms with Gasteiger partial charge in [-0.2, -0.15) is 0 Å². The highest BCUT2D eigenvalue weighted by Gasteiger charge is 2.12. The molecule has 7 aromatic carbocycles. The van der Waals surface area contributed by atoms with E-state index in [2.05, 4.69) is 271 Å². The van der Waals surface area contributed by atoms with Gasteiger partial charge in [0.2, 0.25) is 0 Å². The lowest BCUT2D eigenvalue weighted by Gasteiger charge is -1.94. The van der Waals surface area contributed by atoms with Gasteiger partial charge in [0, 0.05) is 151 Å². The van der Waals surface area contributed by atoms with Crippen LogP contribution in [0, 0.1) is 48.5 Å². The molecule has 0 aliphatic rings. The van der Waals surface area contributed by atoms with Crippen LogP contribution in [0.15, 0.2) is 256 Å². The summed E-state index contributed by atoms with van der Waals surface area (Å²) in [5.74, 6) is 0. The summed E-state index contributed by atoms with van der Waals surface area (Å²) < 4.78 is 9.31. The van der Waals surface area contributed by atoms with Crippen molar-refractivity contribution in [2.24, 2.45) is 0 Å². The lowest BCUT2D eigenvalue weighted by Crippen LogP contribution is -1.76. The third-order valence-corrected chi connectivity index (χ3v) is 24.8. The summed E-state index contributed by atoms with van der Waals surface area (Å²) in [5, 5.41) is 18.3. The summed E-state index contributed by atoms with van der Waals surface area (Å²) in [7, 11) is 0. The highest BCUT2D eigenvalue weighted by molar-refractivity contribution is 7.27. The normalized spacial score (nSPS) is 11.2. The van der Waals surface area contributed by atoms with E-state index in [-0.39, 0.29) is 0 Å². The average Bonchev–Trinajstić information content (AvgIpc) is 1.76. The summed E-state index contributed by atoms with van der Waals surface area (Å²) in [6, 6.07) is 76.4. The minimum atomic E-state index is 1.09. The first-order valence-corrected chi connectivity index (χ1v) is 37.8. The molecule has 98 heavy (non-hydrogen) atoms. The van der Waals surface area contributed by atoms with Gasteiger partial charge >= 0.3 is 0 Å². The summed E-state index contributed by atoms with van der Waals surface area (Å²) in [5.41, 5.74) is 8.91. The molecule has 14 heterocycles. The Hall–Kier alpha value is -9.87. The molecular weight excluding hydrogens is 1330 g/mol. The number of benzene rings is 7. The molecule has 0 aliphatic carbocycles. The molecule has 0 amide bonds. The Morgan fingerprint density at radius 2 is 0.653 bits per heavy atom. The van der Waals surface area contributed by atoms with E-state index >= 15 is 0 Å². The number of rotatable bonds is 0. The summed E-state index contributed by atoms with van der Waals surface area (Å²) in [4.78, 5) is 38.8. The molecule has 0 radical (unpaired) electrons. The summed E-state index contributed by atoms with van der Waals surface area (Å²) in [6.45, 7) is 14.8. The van der Waals surface area contributed by atoms with Crippen molar-refractivity contribution in [1.82, 2.24) is 34.9 Å². The van der Waals surface area contributed by atoms with Gasteiger partial charge in [0.25, 0.3) is 0 Å². The zero-order valence-electron chi connectivity index (χ0n) is 54.7. The van der Waals surface area contributed by atoms with Crippen LogP contribution in [0.3, 0.4) is 0 Å². The van der Waals surface area contributed by atoms with Crippen LogP contribution in [-0.2, 0) is 0 Å². The maximum Gasteiger partial charge on any atom is 0.124 e. The predicted octanol–water partition coefficient (Wildman–Crippen LogP) is 26.3. The van der Waals surface area contributed by atoms with Gasteiger partial charge in [0.05, 0.1) is 0 Å². The highest BCUT2D eigenvalue weighted by Crippen LogP contribution is 2.39. The van der Waals surface area contributed by atoms with Crippen LogP contribution in [0.1, 0.15) is 39.1 Å². The molecule has 0 spiro atoms. The van der Waals surface area contributed by atoms with E-state index in [9.17, 15) is 0 Å². The van der Waals surface area contributed by atoms with Crippen LogP contribution in [-0.4, -0.2) is 34.9 Å². The Labute approximate surface area is 594 Å². The molecular formula is C84H63N7S7. The zero-order chi connectivity index (χ0) is 66.8. The van der Waals surface area contributed by atoms with Gasteiger partial charge in [-0.05, 0) is 192 Å². The smallest absolute Gasteiger partial charge is 0.124 e. The van der Waals surface area contributed by atoms with E-state index < -0.39 is 0 Å². The second-order valence-corrected chi connectivity index (χ2v) is 31.2. The topological polar surface area (TPSA) is 90.2 Å². The van der Waals surface area contributed by atoms with Crippen LogP contribution < -0.4 is 0 Å². The van der Waals surface area contributed by atoms with Crippen molar-refractivity contribution < 1.29 is 0 Å². The van der Waals surface area contributed by atoms with Gasteiger partial charge in [-0.3, -0.25) is 0 Å². The van der Waals surface area contributed by atoms with Crippen LogP contribution in [0.4, 0.5) is 0 Å². The lowest BCUT2D eigenvalue weighted by molar-refractivity contribution is 1.27. The number of hydrogen-bond acceptors (Lipinski definition) is 14. The molecule has 21 aromatic rings. The Morgan fingerprint density at radius 1 is 0.224 bits per heavy atom. The molecule has 7 nitrogen and oxygen atoms in total. The molecule has 14 heteroatoms. The second-order valence-electron chi connectivity index (χ2n) is 24.0. The third-order valence-electron chi connectivity index (χ3n) is 17.0. The Morgan fingerprint density at radius 3 is 1.37 bits per heavy atom. The van der Waals surface area contributed by atoms with Gasteiger partial charge in [0.15, 0.2) is 0 Å². The lowest BCUT2D eigenvalue weighted by atomic mass is 10.1. The van der Waals surface area contributed by atoms with Crippen molar-refractivity contribution >= 4 is 221 Å². The summed E-state index contributed by atoms with van der Waals surface area (Å²) in [6.07, 6.45) is 11.2. The van der Waals surface area contributed by atoms with Gasteiger partial charge < -0.3 is 0 Å². The number of aromatic nitrogens is 7. The molecule has 0 fully saturated rings. The molecule has 0 saturated carbocycles. The van der Waals surface area contributed by atoms with Crippen molar-refractivity contribution in [1.29, 1.82) is 0 Å². The number of hydrogen-bond donors (Lipinski definition) is 0. The van der Waals surface area contributed by atoms with Crippen LogP contribution in [0.5, 0.6) is 0 Å². The van der Waals surface area contributed by atoms with Gasteiger partial charge in [0.1, 0.15) is 33.8 Å². The third kappa shape index (κ3) is 13.2. The Balaban J connectivity index is 0.0000000933. The van der Waals surface area contributed by atoms with Crippen molar-refractivity contribution in [3.63, 3.8) is 0 Å². The SMILES string of the molecule is Cc1ccc2c(c1)sc1ncccc12.Cc1ccc2c(n1)sc1ccccc12.Cc1ccc2sc3ncccc3c2c1.Cc1cccc2c1sc1ncccc12.Cc1cccc2sc3ncccc3c12.Cc1ccnc2sc3ccccc3c12.Cc1cnc2sc3ccccc3c2c1. The van der Waals surface area contributed by atoms with E-state index in [1.165, 1.54) is 142 Å². The van der Waals surface area contributed by atoms with Gasteiger partial charge in [-0.1, -0.05) is 109 Å². The van der Waals surface area contributed by atoms with Crippen LogP contribution in [0.2, 0.25) is 0 Å². The van der Waals surface area contributed by atoms with E-state index in [1.54, 1.807) is 79.4 Å². The molecule has 0 bridgehead atoms.